The molecule has 1 amide bonds. The molecule has 1 aromatic carbocycles. The number of hydrogen-bond donors (Lipinski definition) is 1. The number of carbonyl (C=O) groups excluding carboxylic acids is 2. The number of thiophene rings is 1. The van der Waals surface area contributed by atoms with Crippen molar-refractivity contribution in [2.75, 3.05) is 18.5 Å². The van der Waals surface area contributed by atoms with E-state index in [1.54, 1.807) is 31.2 Å². The number of anilines is 1. The van der Waals surface area contributed by atoms with Gasteiger partial charge in [-0.1, -0.05) is 6.07 Å². The lowest BCUT2D eigenvalue weighted by Gasteiger charge is -2.09. The van der Waals surface area contributed by atoms with E-state index in [-0.39, 0.29) is 12.5 Å². The zero-order chi connectivity index (χ0) is 20.3. The molecular weight excluding hydrogens is 378 g/mol. The second kappa shape index (κ2) is 8.35. The van der Waals surface area contributed by atoms with Crippen LogP contribution in [0.5, 0.6) is 5.75 Å². The molecule has 8 heteroatoms. The van der Waals surface area contributed by atoms with Crippen LogP contribution in [0.4, 0.5) is 5.69 Å². The van der Waals surface area contributed by atoms with Crippen molar-refractivity contribution in [3.63, 3.8) is 0 Å². The van der Waals surface area contributed by atoms with E-state index >= 15 is 0 Å². The molecule has 0 spiro atoms. The van der Waals surface area contributed by atoms with Crippen molar-refractivity contribution in [1.29, 1.82) is 0 Å². The molecule has 0 fully saturated rings. The second-order valence-electron chi connectivity index (χ2n) is 6.17. The van der Waals surface area contributed by atoms with Gasteiger partial charge in [-0.25, -0.2) is 14.8 Å². The van der Waals surface area contributed by atoms with Crippen LogP contribution in [0.2, 0.25) is 0 Å². The summed E-state index contributed by atoms with van der Waals surface area (Å²) in [5.41, 5.74) is 2.30. The minimum absolute atomic E-state index is 0.183. The Kier molecular flexibility index (Phi) is 5.89. The van der Waals surface area contributed by atoms with Crippen molar-refractivity contribution in [1.82, 2.24) is 9.97 Å². The van der Waals surface area contributed by atoms with Crippen LogP contribution in [0.3, 0.4) is 0 Å². The molecule has 7 nitrogen and oxygen atoms in total. The first-order valence-electron chi connectivity index (χ1n) is 8.83. The van der Waals surface area contributed by atoms with Gasteiger partial charge in [-0.05, 0) is 45.4 Å². The molecule has 1 N–H and O–H groups in total. The molecule has 28 heavy (non-hydrogen) atoms. The Labute approximate surface area is 166 Å². The highest BCUT2D eigenvalue weighted by molar-refractivity contribution is 7.20. The number of ether oxygens (including phenoxy) is 2. The summed E-state index contributed by atoms with van der Waals surface area (Å²) in [6, 6.07) is 6.87. The van der Waals surface area contributed by atoms with Crippen LogP contribution < -0.4 is 10.1 Å². The van der Waals surface area contributed by atoms with E-state index in [2.05, 4.69) is 15.3 Å². The monoisotopic (exact) mass is 399 g/mol. The number of aromatic nitrogens is 2. The first kappa shape index (κ1) is 19.8. The molecule has 3 rings (SSSR count). The van der Waals surface area contributed by atoms with Gasteiger partial charge >= 0.3 is 5.97 Å². The first-order valence-corrected chi connectivity index (χ1v) is 9.65. The summed E-state index contributed by atoms with van der Waals surface area (Å²) in [6.45, 7) is 7.51. The molecule has 2 heterocycles. The molecule has 0 radical (unpaired) electrons. The number of hydrogen-bond acceptors (Lipinski definition) is 7. The van der Waals surface area contributed by atoms with Gasteiger partial charge in [0.25, 0.3) is 5.91 Å². The average Bonchev–Trinajstić information content (AvgIpc) is 2.97. The number of carbonyl (C=O) groups is 2. The summed E-state index contributed by atoms with van der Waals surface area (Å²) in [5, 5.41) is 3.80. The Morgan fingerprint density at radius 2 is 1.96 bits per heavy atom. The lowest BCUT2D eigenvalue weighted by molar-refractivity contribution is -0.145. The number of amides is 1. The molecule has 0 unspecified atom stereocenters. The molecule has 3 aromatic rings. The maximum absolute atomic E-state index is 12.8. The van der Waals surface area contributed by atoms with Crippen LogP contribution >= 0.6 is 11.3 Å². The van der Waals surface area contributed by atoms with Crippen molar-refractivity contribution in [2.45, 2.75) is 27.7 Å². The van der Waals surface area contributed by atoms with Crippen molar-refractivity contribution in [3.05, 3.63) is 46.2 Å². The van der Waals surface area contributed by atoms with Gasteiger partial charge in [-0.2, -0.15) is 0 Å². The maximum Gasteiger partial charge on any atom is 0.344 e. The van der Waals surface area contributed by atoms with E-state index in [9.17, 15) is 9.59 Å². The van der Waals surface area contributed by atoms with Gasteiger partial charge in [0.05, 0.1) is 11.5 Å². The zero-order valence-corrected chi connectivity index (χ0v) is 17.0. The minimum atomic E-state index is -0.440. The van der Waals surface area contributed by atoms with E-state index in [1.807, 2.05) is 20.8 Å². The van der Waals surface area contributed by atoms with Crippen LogP contribution in [-0.4, -0.2) is 35.1 Å². The highest BCUT2D eigenvalue weighted by atomic mass is 32.1. The lowest BCUT2D eigenvalue weighted by atomic mass is 10.1. The molecule has 146 valence electrons. The number of aryl methyl sites for hydroxylation is 3. The predicted molar refractivity (Wildman–Crippen MR) is 108 cm³/mol. The molecule has 0 aliphatic carbocycles. The number of fused-ring (bicyclic) bond motifs is 1. The van der Waals surface area contributed by atoms with Crippen LogP contribution in [0.1, 0.15) is 33.7 Å². The quantitative estimate of drug-likeness (QED) is 0.634. The summed E-state index contributed by atoms with van der Waals surface area (Å²) >= 11 is 1.35. The van der Waals surface area contributed by atoms with E-state index in [4.69, 9.17) is 9.47 Å². The highest BCUT2D eigenvalue weighted by Gasteiger charge is 2.19. The summed E-state index contributed by atoms with van der Waals surface area (Å²) in [6.07, 6.45) is 0. The van der Waals surface area contributed by atoms with Gasteiger partial charge in [0, 0.05) is 22.8 Å². The van der Waals surface area contributed by atoms with E-state index < -0.39 is 5.97 Å². The number of nitrogens with zero attached hydrogens (tertiary/aromatic N) is 2. The molecule has 0 aliphatic heterocycles. The molecular formula is C20H21N3O4S. The van der Waals surface area contributed by atoms with Crippen molar-refractivity contribution in [3.8, 4) is 5.75 Å². The summed E-state index contributed by atoms with van der Waals surface area (Å²) in [7, 11) is 0. The summed E-state index contributed by atoms with van der Waals surface area (Å²) in [5.74, 6) is 0.491. The van der Waals surface area contributed by atoms with Gasteiger partial charge in [-0.3, -0.25) is 4.79 Å². The maximum atomic E-state index is 12.8. The van der Waals surface area contributed by atoms with E-state index in [0.29, 0.717) is 28.7 Å². The Morgan fingerprint density at radius 3 is 2.71 bits per heavy atom. The molecule has 2 aromatic heterocycles. The Bertz CT molecular complexity index is 1050. The van der Waals surface area contributed by atoms with Gasteiger partial charge in [0.15, 0.2) is 6.61 Å². The van der Waals surface area contributed by atoms with Gasteiger partial charge in [0.2, 0.25) is 0 Å². The number of benzene rings is 1. The normalized spacial score (nSPS) is 10.7. The Balaban J connectivity index is 1.77. The van der Waals surface area contributed by atoms with Crippen LogP contribution in [-0.2, 0) is 9.53 Å². The highest BCUT2D eigenvalue weighted by Crippen LogP contribution is 2.32. The molecule has 0 bridgehead atoms. The van der Waals surface area contributed by atoms with E-state index in [0.717, 1.165) is 21.5 Å². The average molecular weight is 399 g/mol. The zero-order valence-electron chi connectivity index (χ0n) is 16.2. The third-order valence-electron chi connectivity index (χ3n) is 4.04. The largest absolute Gasteiger partial charge is 0.482 e. The van der Waals surface area contributed by atoms with Crippen molar-refractivity contribution < 1.29 is 19.1 Å². The minimum Gasteiger partial charge on any atom is -0.482 e. The number of esters is 1. The molecule has 0 saturated heterocycles. The van der Waals surface area contributed by atoms with Crippen molar-refractivity contribution in [2.24, 2.45) is 0 Å². The van der Waals surface area contributed by atoms with Crippen molar-refractivity contribution >= 4 is 39.1 Å². The van der Waals surface area contributed by atoms with Crippen LogP contribution in [0.25, 0.3) is 10.2 Å². The summed E-state index contributed by atoms with van der Waals surface area (Å²) < 4.78 is 10.2. The van der Waals surface area contributed by atoms with Gasteiger partial charge < -0.3 is 14.8 Å². The SMILES string of the molecule is CCOC(=O)COc1cccc(NC(=O)c2sc3nc(C)nc(C)c3c2C)c1. The van der Waals surface area contributed by atoms with Gasteiger partial charge in [-0.15, -0.1) is 11.3 Å². The number of nitrogens with one attached hydrogen (secondary N) is 1. The standard InChI is InChI=1S/C20H21N3O4S/c1-5-26-16(24)10-27-15-8-6-7-14(9-15)23-19(25)18-11(2)17-12(3)21-13(4)22-20(17)28-18/h6-9H,5,10H2,1-4H3,(H,23,25). The summed E-state index contributed by atoms with van der Waals surface area (Å²) in [4.78, 5) is 34.4. The fourth-order valence-electron chi connectivity index (χ4n) is 2.89. The first-order chi connectivity index (χ1) is 13.4. The van der Waals surface area contributed by atoms with Gasteiger partial charge in [0.1, 0.15) is 16.4 Å². The predicted octanol–water partition coefficient (Wildman–Crippen LogP) is 3.81. The number of rotatable bonds is 6. The Hall–Kier alpha value is -3.00. The molecule has 0 saturated carbocycles. The van der Waals surface area contributed by atoms with Crippen LogP contribution in [0.15, 0.2) is 24.3 Å². The molecule has 0 atom stereocenters. The molecule has 0 aliphatic rings. The fraction of sp³-hybridized carbons (Fsp3) is 0.300. The fourth-order valence-corrected chi connectivity index (χ4v) is 4.06. The third-order valence-corrected chi connectivity index (χ3v) is 5.23. The topological polar surface area (TPSA) is 90.4 Å². The third kappa shape index (κ3) is 4.28. The van der Waals surface area contributed by atoms with Crippen LogP contribution in [0, 0.1) is 20.8 Å². The van der Waals surface area contributed by atoms with E-state index in [1.165, 1.54) is 11.3 Å². The Morgan fingerprint density at radius 1 is 1.18 bits per heavy atom. The lowest BCUT2D eigenvalue weighted by Crippen LogP contribution is -2.15. The second-order valence-corrected chi connectivity index (χ2v) is 7.17. The smallest absolute Gasteiger partial charge is 0.344 e.